The zero-order valence-electron chi connectivity index (χ0n) is 11.3. The summed E-state index contributed by atoms with van der Waals surface area (Å²) in [5.41, 5.74) is 0.795. The van der Waals surface area contributed by atoms with E-state index in [1.54, 1.807) is 6.07 Å². The van der Waals surface area contributed by atoms with Crippen molar-refractivity contribution in [1.29, 1.82) is 0 Å². The zero-order chi connectivity index (χ0) is 13.2. The van der Waals surface area contributed by atoms with Gasteiger partial charge in [0.25, 0.3) is 0 Å². The number of halogens is 1. The fourth-order valence-electron chi connectivity index (χ4n) is 2.19. The van der Waals surface area contributed by atoms with Gasteiger partial charge in [-0.2, -0.15) is 0 Å². The van der Waals surface area contributed by atoms with E-state index in [0.29, 0.717) is 0 Å². The van der Waals surface area contributed by atoms with E-state index in [1.165, 1.54) is 18.9 Å². The van der Waals surface area contributed by atoms with Gasteiger partial charge in [-0.15, -0.1) is 6.58 Å². The summed E-state index contributed by atoms with van der Waals surface area (Å²) in [7, 11) is 0. The van der Waals surface area contributed by atoms with Gasteiger partial charge in [0.1, 0.15) is 5.82 Å². The van der Waals surface area contributed by atoms with Gasteiger partial charge in [0.15, 0.2) is 0 Å². The average molecular weight is 249 g/mol. The van der Waals surface area contributed by atoms with E-state index < -0.39 is 0 Å². The lowest BCUT2D eigenvalue weighted by atomic mass is 9.99. The lowest BCUT2D eigenvalue weighted by Crippen LogP contribution is -2.21. The predicted molar refractivity (Wildman–Crippen MR) is 76.1 cm³/mol. The molecule has 0 aliphatic rings. The van der Waals surface area contributed by atoms with Crippen LogP contribution in [0.4, 0.5) is 4.39 Å². The van der Waals surface area contributed by atoms with Crippen LogP contribution in [-0.2, 0) is 0 Å². The minimum Gasteiger partial charge on any atom is -0.310 e. The van der Waals surface area contributed by atoms with E-state index in [-0.39, 0.29) is 11.9 Å². The van der Waals surface area contributed by atoms with Crippen LogP contribution in [0, 0.1) is 5.82 Å². The van der Waals surface area contributed by atoms with E-state index in [4.69, 9.17) is 0 Å². The molecular formula is C16H24FN. The van der Waals surface area contributed by atoms with Gasteiger partial charge < -0.3 is 5.32 Å². The molecule has 0 saturated heterocycles. The van der Waals surface area contributed by atoms with Crippen LogP contribution >= 0.6 is 0 Å². The van der Waals surface area contributed by atoms with Crippen LogP contribution in [-0.4, -0.2) is 6.54 Å². The van der Waals surface area contributed by atoms with Crippen LogP contribution in [0.2, 0.25) is 0 Å². The van der Waals surface area contributed by atoms with E-state index in [9.17, 15) is 4.39 Å². The molecule has 1 aromatic carbocycles. The van der Waals surface area contributed by atoms with Gasteiger partial charge in [0.2, 0.25) is 0 Å². The highest BCUT2D eigenvalue weighted by atomic mass is 19.1. The third kappa shape index (κ3) is 5.01. The molecule has 0 saturated carbocycles. The SMILES string of the molecule is C=CCCCCCC(NCC)c1ccccc1F. The third-order valence-corrected chi connectivity index (χ3v) is 3.13. The molecule has 0 amide bonds. The van der Waals surface area contributed by atoms with Crippen molar-refractivity contribution in [2.45, 2.75) is 45.1 Å². The Kier molecular flexibility index (Phi) is 7.35. The maximum Gasteiger partial charge on any atom is 0.127 e. The molecule has 0 aliphatic carbocycles. The topological polar surface area (TPSA) is 12.0 Å². The highest BCUT2D eigenvalue weighted by Gasteiger charge is 2.13. The summed E-state index contributed by atoms with van der Waals surface area (Å²) in [5, 5.41) is 3.37. The summed E-state index contributed by atoms with van der Waals surface area (Å²) >= 11 is 0. The summed E-state index contributed by atoms with van der Waals surface area (Å²) in [6, 6.07) is 7.20. The molecule has 0 radical (unpaired) electrons. The molecule has 1 N–H and O–H groups in total. The number of hydrogen-bond donors (Lipinski definition) is 1. The smallest absolute Gasteiger partial charge is 0.127 e. The molecule has 1 aromatic rings. The number of hydrogen-bond acceptors (Lipinski definition) is 1. The third-order valence-electron chi connectivity index (χ3n) is 3.13. The molecule has 0 aliphatic heterocycles. The van der Waals surface area contributed by atoms with Gasteiger partial charge in [-0.3, -0.25) is 0 Å². The zero-order valence-corrected chi connectivity index (χ0v) is 11.3. The van der Waals surface area contributed by atoms with Crippen molar-refractivity contribution in [3.63, 3.8) is 0 Å². The highest BCUT2D eigenvalue weighted by molar-refractivity contribution is 5.21. The Labute approximate surface area is 110 Å². The van der Waals surface area contributed by atoms with Crippen LogP contribution in [0.25, 0.3) is 0 Å². The molecule has 100 valence electrons. The summed E-state index contributed by atoms with van der Waals surface area (Å²) in [6.07, 6.45) is 7.51. The Morgan fingerprint density at radius 3 is 2.72 bits per heavy atom. The molecule has 0 spiro atoms. The molecule has 0 bridgehead atoms. The molecule has 0 fully saturated rings. The molecule has 18 heavy (non-hydrogen) atoms. The van der Waals surface area contributed by atoms with E-state index in [1.807, 2.05) is 18.2 Å². The predicted octanol–water partition coefficient (Wildman–Crippen LogP) is 4.61. The standard InChI is InChI=1S/C16H24FN/c1-3-5-6-7-8-13-16(18-4-2)14-11-9-10-12-15(14)17/h3,9-12,16,18H,1,4-8,13H2,2H3. The van der Waals surface area contributed by atoms with Crippen LogP contribution in [0.15, 0.2) is 36.9 Å². The van der Waals surface area contributed by atoms with Crippen molar-refractivity contribution < 1.29 is 4.39 Å². The average Bonchev–Trinajstić information content (AvgIpc) is 2.38. The Morgan fingerprint density at radius 1 is 1.28 bits per heavy atom. The number of rotatable bonds is 9. The Morgan fingerprint density at radius 2 is 2.06 bits per heavy atom. The second-order valence-electron chi connectivity index (χ2n) is 4.56. The Bertz CT molecular complexity index is 349. The lowest BCUT2D eigenvalue weighted by Gasteiger charge is -2.18. The fraction of sp³-hybridized carbons (Fsp3) is 0.500. The summed E-state index contributed by atoms with van der Waals surface area (Å²) < 4.78 is 13.7. The van der Waals surface area contributed by atoms with Crippen molar-refractivity contribution in [3.8, 4) is 0 Å². The van der Waals surface area contributed by atoms with Crippen molar-refractivity contribution in [2.24, 2.45) is 0 Å². The first-order chi connectivity index (χ1) is 8.79. The summed E-state index contributed by atoms with van der Waals surface area (Å²) in [6.45, 7) is 6.65. The first-order valence-corrected chi connectivity index (χ1v) is 6.88. The fourth-order valence-corrected chi connectivity index (χ4v) is 2.19. The highest BCUT2D eigenvalue weighted by Crippen LogP contribution is 2.22. The normalized spacial score (nSPS) is 12.3. The van der Waals surface area contributed by atoms with Gasteiger partial charge in [0, 0.05) is 11.6 Å². The molecule has 2 heteroatoms. The summed E-state index contributed by atoms with van der Waals surface area (Å²) in [5.74, 6) is -0.102. The van der Waals surface area contributed by atoms with Crippen LogP contribution in [0.1, 0.15) is 50.6 Å². The Hall–Kier alpha value is -1.15. The van der Waals surface area contributed by atoms with Gasteiger partial charge in [-0.1, -0.05) is 44.0 Å². The first kappa shape index (κ1) is 14.9. The van der Waals surface area contributed by atoms with Crippen molar-refractivity contribution >= 4 is 0 Å². The van der Waals surface area contributed by atoms with E-state index in [2.05, 4.69) is 18.8 Å². The van der Waals surface area contributed by atoms with Crippen LogP contribution in [0.3, 0.4) is 0 Å². The maximum absolute atomic E-state index is 13.7. The molecule has 1 unspecified atom stereocenters. The number of allylic oxidation sites excluding steroid dienone is 1. The number of benzene rings is 1. The van der Waals surface area contributed by atoms with Crippen molar-refractivity contribution in [3.05, 3.63) is 48.3 Å². The van der Waals surface area contributed by atoms with Crippen molar-refractivity contribution in [1.82, 2.24) is 5.32 Å². The molecule has 0 aromatic heterocycles. The van der Waals surface area contributed by atoms with E-state index in [0.717, 1.165) is 31.4 Å². The number of unbranched alkanes of at least 4 members (excludes halogenated alkanes) is 3. The second kappa shape index (κ2) is 8.87. The molecule has 1 atom stereocenters. The minimum absolute atomic E-state index is 0.102. The largest absolute Gasteiger partial charge is 0.310 e. The number of nitrogens with one attached hydrogen (secondary N) is 1. The Balaban J connectivity index is 2.49. The molecular weight excluding hydrogens is 225 g/mol. The molecule has 0 heterocycles. The van der Waals surface area contributed by atoms with Gasteiger partial charge >= 0.3 is 0 Å². The maximum atomic E-state index is 13.7. The van der Waals surface area contributed by atoms with Gasteiger partial charge in [-0.25, -0.2) is 4.39 Å². The van der Waals surface area contributed by atoms with Crippen LogP contribution in [0.5, 0.6) is 0 Å². The van der Waals surface area contributed by atoms with Crippen molar-refractivity contribution in [2.75, 3.05) is 6.54 Å². The lowest BCUT2D eigenvalue weighted by molar-refractivity contribution is 0.462. The minimum atomic E-state index is -0.102. The first-order valence-electron chi connectivity index (χ1n) is 6.88. The molecule has 1 rings (SSSR count). The van der Waals surface area contributed by atoms with E-state index >= 15 is 0 Å². The van der Waals surface area contributed by atoms with Gasteiger partial charge in [0.05, 0.1) is 0 Å². The second-order valence-corrected chi connectivity index (χ2v) is 4.56. The summed E-state index contributed by atoms with van der Waals surface area (Å²) in [4.78, 5) is 0. The van der Waals surface area contributed by atoms with Crippen LogP contribution < -0.4 is 5.32 Å². The van der Waals surface area contributed by atoms with Gasteiger partial charge in [-0.05, 0) is 31.9 Å². The quantitative estimate of drug-likeness (QED) is 0.497. The monoisotopic (exact) mass is 249 g/mol. The molecule has 1 nitrogen and oxygen atoms in total.